The minimum Gasteiger partial charge on any atom is -0.484 e. The van der Waals surface area contributed by atoms with Crippen molar-refractivity contribution in [2.75, 3.05) is 0 Å². The van der Waals surface area contributed by atoms with Crippen molar-refractivity contribution in [1.29, 1.82) is 0 Å². The van der Waals surface area contributed by atoms with Crippen molar-refractivity contribution in [2.24, 2.45) is 0 Å². The fourth-order valence-corrected chi connectivity index (χ4v) is 2.91. The van der Waals surface area contributed by atoms with Crippen LogP contribution in [0, 0.1) is 0 Å². The van der Waals surface area contributed by atoms with E-state index in [1.807, 2.05) is 54.6 Å². The third-order valence-electron chi connectivity index (χ3n) is 3.65. The van der Waals surface area contributed by atoms with Gasteiger partial charge in [-0.2, -0.15) is 0 Å². The van der Waals surface area contributed by atoms with Gasteiger partial charge in [-0.1, -0.05) is 42.5 Å². The van der Waals surface area contributed by atoms with E-state index in [0.29, 0.717) is 11.8 Å². The molecule has 0 saturated carbocycles. The Morgan fingerprint density at radius 3 is 2.54 bits per heavy atom. The molecule has 5 heteroatoms. The zero-order valence-corrected chi connectivity index (χ0v) is 14.2. The summed E-state index contributed by atoms with van der Waals surface area (Å²) >= 11 is 3.48. The number of hydrogen-bond acceptors (Lipinski definition) is 4. The standard InChI is InChI=1S/C19H13BrN2O2/c20-17-8-4-3-7-16(17)19-22-21-18(24-19)12-23-15-10-9-13-5-1-2-6-14(13)11-15/h1-11H,12H2. The molecule has 0 aliphatic rings. The molecule has 0 amide bonds. The van der Waals surface area contributed by atoms with Gasteiger partial charge in [-0.15, -0.1) is 10.2 Å². The first-order valence-corrected chi connectivity index (χ1v) is 8.28. The number of fused-ring (bicyclic) bond motifs is 1. The van der Waals surface area contributed by atoms with Gasteiger partial charge in [-0.3, -0.25) is 0 Å². The van der Waals surface area contributed by atoms with Gasteiger partial charge in [-0.25, -0.2) is 0 Å². The molecule has 1 heterocycles. The summed E-state index contributed by atoms with van der Waals surface area (Å²) in [6.07, 6.45) is 0. The average molecular weight is 381 g/mol. The highest BCUT2D eigenvalue weighted by Gasteiger charge is 2.11. The second-order valence-electron chi connectivity index (χ2n) is 5.28. The molecule has 0 unspecified atom stereocenters. The van der Waals surface area contributed by atoms with Crippen LogP contribution in [0.5, 0.6) is 5.75 Å². The van der Waals surface area contributed by atoms with Gasteiger partial charge < -0.3 is 9.15 Å². The van der Waals surface area contributed by atoms with E-state index in [9.17, 15) is 0 Å². The molecule has 0 N–H and O–H groups in total. The molecule has 0 atom stereocenters. The maximum atomic E-state index is 5.77. The van der Waals surface area contributed by atoms with E-state index < -0.39 is 0 Å². The number of benzene rings is 3. The monoisotopic (exact) mass is 380 g/mol. The van der Waals surface area contributed by atoms with Gasteiger partial charge in [0.2, 0.25) is 5.89 Å². The van der Waals surface area contributed by atoms with E-state index >= 15 is 0 Å². The molecular weight excluding hydrogens is 368 g/mol. The first-order valence-electron chi connectivity index (χ1n) is 7.48. The highest BCUT2D eigenvalue weighted by Crippen LogP contribution is 2.27. The number of ether oxygens (including phenoxy) is 1. The van der Waals surface area contributed by atoms with Crippen LogP contribution < -0.4 is 4.74 Å². The molecular formula is C19H13BrN2O2. The van der Waals surface area contributed by atoms with Gasteiger partial charge >= 0.3 is 0 Å². The van der Waals surface area contributed by atoms with Crippen molar-refractivity contribution in [1.82, 2.24) is 10.2 Å². The largest absolute Gasteiger partial charge is 0.484 e. The van der Waals surface area contributed by atoms with Crippen LogP contribution in [-0.4, -0.2) is 10.2 Å². The van der Waals surface area contributed by atoms with Gasteiger partial charge in [0.25, 0.3) is 5.89 Å². The van der Waals surface area contributed by atoms with Crippen molar-refractivity contribution >= 4 is 26.7 Å². The van der Waals surface area contributed by atoms with Crippen LogP contribution in [0.2, 0.25) is 0 Å². The third-order valence-corrected chi connectivity index (χ3v) is 4.35. The van der Waals surface area contributed by atoms with Gasteiger partial charge in [0.1, 0.15) is 5.75 Å². The van der Waals surface area contributed by atoms with E-state index in [1.165, 1.54) is 5.39 Å². The number of nitrogens with zero attached hydrogens (tertiary/aromatic N) is 2. The second-order valence-corrected chi connectivity index (χ2v) is 6.13. The van der Waals surface area contributed by atoms with Crippen LogP contribution in [0.15, 0.2) is 75.6 Å². The Balaban J connectivity index is 1.51. The molecule has 118 valence electrons. The van der Waals surface area contributed by atoms with Crippen LogP contribution in [-0.2, 0) is 6.61 Å². The molecule has 0 aliphatic heterocycles. The molecule has 0 aliphatic carbocycles. The van der Waals surface area contributed by atoms with Gasteiger partial charge in [-0.05, 0) is 51.0 Å². The molecule has 3 aromatic carbocycles. The van der Waals surface area contributed by atoms with Crippen molar-refractivity contribution in [3.05, 3.63) is 77.1 Å². The number of halogens is 1. The molecule has 4 rings (SSSR count). The Morgan fingerprint density at radius 2 is 1.67 bits per heavy atom. The van der Waals surface area contributed by atoms with Crippen molar-refractivity contribution in [2.45, 2.75) is 6.61 Å². The van der Waals surface area contributed by atoms with Crippen LogP contribution in [0.4, 0.5) is 0 Å². The third kappa shape index (κ3) is 3.03. The molecule has 0 saturated heterocycles. The van der Waals surface area contributed by atoms with Crippen LogP contribution in [0.25, 0.3) is 22.2 Å². The normalized spacial score (nSPS) is 10.9. The van der Waals surface area contributed by atoms with Gasteiger partial charge in [0.05, 0.1) is 5.56 Å². The minimum absolute atomic E-state index is 0.232. The number of hydrogen-bond donors (Lipinski definition) is 0. The van der Waals surface area contributed by atoms with Crippen LogP contribution in [0.1, 0.15) is 5.89 Å². The molecule has 1 aromatic heterocycles. The highest BCUT2D eigenvalue weighted by molar-refractivity contribution is 9.10. The van der Waals surface area contributed by atoms with Crippen molar-refractivity contribution in [3.63, 3.8) is 0 Å². The smallest absolute Gasteiger partial charge is 0.254 e. The van der Waals surface area contributed by atoms with Crippen LogP contribution in [0.3, 0.4) is 0 Å². The Morgan fingerprint density at radius 1 is 0.875 bits per heavy atom. The van der Waals surface area contributed by atoms with E-state index in [-0.39, 0.29) is 6.61 Å². The Kier molecular flexibility index (Phi) is 4.01. The lowest BCUT2D eigenvalue weighted by molar-refractivity contribution is 0.265. The lowest BCUT2D eigenvalue weighted by Gasteiger charge is -2.05. The summed E-state index contributed by atoms with van der Waals surface area (Å²) in [5.41, 5.74) is 0.863. The first-order chi connectivity index (χ1) is 11.8. The molecule has 0 spiro atoms. The SMILES string of the molecule is Brc1ccccc1-c1nnc(COc2ccc3ccccc3c2)o1. The number of rotatable bonds is 4. The van der Waals surface area contributed by atoms with Crippen molar-refractivity contribution < 1.29 is 9.15 Å². The van der Waals surface area contributed by atoms with E-state index in [2.05, 4.69) is 38.3 Å². The topological polar surface area (TPSA) is 48.2 Å². The van der Waals surface area contributed by atoms with Crippen LogP contribution >= 0.6 is 15.9 Å². The van der Waals surface area contributed by atoms with Gasteiger partial charge in [0.15, 0.2) is 6.61 Å². The summed E-state index contributed by atoms with van der Waals surface area (Å²) in [7, 11) is 0. The lowest BCUT2D eigenvalue weighted by Crippen LogP contribution is -1.95. The Hall–Kier alpha value is -2.66. The quantitative estimate of drug-likeness (QED) is 0.486. The molecule has 24 heavy (non-hydrogen) atoms. The highest BCUT2D eigenvalue weighted by atomic mass is 79.9. The minimum atomic E-state index is 0.232. The maximum absolute atomic E-state index is 5.77. The summed E-state index contributed by atoms with van der Waals surface area (Å²) in [5, 5.41) is 10.4. The summed E-state index contributed by atoms with van der Waals surface area (Å²) in [4.78, 5) is 0. The van der Waals surface area contributed by atoms with Crippen molar-refractivity contribution in [3.8, 4) is 17.2 Å². The zero-order chi connectivity index (χ0) is 16.4. The predicted molar refractivity (Wildman–Crippen MR) is 95.7 cm³/mol. The summed E-state index contributed by atoms with van der Waals surface area (Å²) in [5.74, 6) is 1.68. The average Bonchev–Trinajstić information content (AvgIpc) is 3.09. The van der Waals surface area contributed by atoms with E-state index in [4.69, 9.17) is 9.15 Å². The second kappa shape index (κ2) is 6.45. The molecule has 0 fully saturated rings. The zero-order valence-electron chi connectivity index (χ0n) is 12.6. The molecule has 4 aromatic rings. The fourth-order valence-electron chi connectivity index (χ4n) is 2.46. The molecule has 0 bridgehead atoms. The Bertz CT molecular complexity index is 997. The predicted octanol–water partition coefficient (Wildman–Crippen LogP) is 5.23. The van der Waals surface area contributed by atoms with Gasteiger partial charge in [0, 0.05) is 4.47 Å². The molecule has 0 radical (unpaired) electrons. The summed E-state index contributed by atoms with van der Waals surface area (Å²) in [6, 6.07) is 21.8. The fraction of sp³-hybridized carbons (Fsp3) is 0.0526. The van der Waals surface area contributed by atoms with E-state index in [0.717, 1.165) is 21.2 Å². The molecule has 4 nitrogen and oxygen atoms in total. The van der Waals surface area contributed by atoms with E-state index in [1.54, 1.807) is 0 Å². The summed E-state index contributed by atoms with van der Waals surface area (Å²) in [6.45, 7) is 0.232. The number of aromatic nitrogens is 2. The Labute approximate surface area is 147 Å². The lowest BCUT2D eigenvalue weighted by atomic mass is 10.1. The first kappa shape index (κ1) is 14.9. The maximum Gasteiger partial charge on any atom is 0.254 e. The summed E-state index contributed by atoms with van der Waals surface area (Å²) < 4.78 is 12.4.